The van der Waals surface area contributed by atoms with Crippen molar-refractivity contribution in [3.8, 4) is 0 Å². The van der Waals surface area contributed by atoms with E-state index in [0.717, 1.165) is 11.3 Å². The van der Waals surface area contributed by atoms with E-state index < -0.39 is 0 Å². The van der Waals surface area contributed by atoms with E-state index in [9.17, 15) is 10.1 Å². The summed E-state index contributed by atoms with van der Waals surface area (Å²) < 4.78 is 5.44. The maximum atomic E-state index is 10.9. The van der Waals surface area contributed by atoms with Crippen LogP contribution in [0.4, 0.5) is 11.4 Å². The number of nitrogens with zero attached hydrogens (tertiary/aromatic N) is 1. The maximum Gasteiger partial charge on any atom is 0.271 e. The van der Waals surface area contributed by atoms with Crippen LogP contribution in [0.2, 0.25) is 0 Å². The van der Waals surface area contributed by atoms with Gasteiger partial charge < -0.3 is 10.1 Å². The first-order valence-electron chi connectivity index (χ1n) is 6.54. The molecule has 0 aromatic heterocycles. The molecule has 0 radical (unpaired) electrons. The second kappa shape index (κ2) is 7.09. The molecule has 0 aliphatic carbocycles. The summed E-state index contributed by atoms with van der Waals surface area (Å²) in [6, 6.07) is 5.18. The smallest absolute Gasteiger partial charge is 0.271 e. The van der Waals surface area contributed by atoms with E-state index in [4.69, 9.17) is 4.74 Å². The molecule has 0 amide bonds. The number of nitro groups is 1. The van der Waals surface area contributed by atoms with Gasteiger partial charge in [0.25, 0.3) is 5.69 Å². The van der Waals surface area contributed by atoms with Crippen LogP contribution >= 0.6 is 0 Å². The Kier molecular flexibility index (Phi) is 5.76. The Hall–Kier alpha value is -1.62. The van der Waals surface area contributed by atoms with E-state index in [2.05, 4.69) is 19.2 Å². The lowest BCUT2D eigenvalue weighted by Gasteiger charge is -2.23. The van der Waals surface area contributed by atoms with Gasteiger partial charge in [0.1, 0.15) is 0 Å². The molecule has 0 fully saturated rings. The Labute approximate surface area is 114 Å². The van der Waals surface area contributed by atoms with Gasteiger partial charge in [-0.25, -0.2) is 0 Å². The summed E-state index contributed by atoms with van der Waals surface area (Å²) >= 11 is 0. The minimum Gasteiger partial charge on any atom is -0.380 e. The molecular weight excluding hydrogens is 244 g/mol. The van der Waals surface area contributed by atoms with Gasteiger partial charge in [-0.3, -0.25) is 10.1 Å². The number of aryl methyl sites for hydroxylation is 1. The van der Waals surface area contributed by atoms with Crippen LogP contribution in [0.15, 0.2) is 18.2 Å². The van der Waals surface area contributed by atoms with Crippen molar-refractivity contribution < 1.29 is 9.66 Å². The fourth-order valence-electron chi connectivity index (χ4n) is 1.81. The number of non-ortho nitro benzene ring substituents is 1. The van der Waals surface area contributed by atoms with Gasteiger partial charge in [0, 0.05) is 24.4 Å². The maximum absolute atomic E-state index is 10.9. The van der Waals surface area contributed by atoms with Crippen LogP contribution in [0.1, 0.15) is 26.3 Å². The van der Waals surface area contributed by atoms with Gasteiger partial charge >= 0.3 is 0 Å². The van der Waals surface area contributed by atoms with Crippen molar-refractivity contribution >= 4 is 11.4 Å². The molecule has 1 aromatic carbocycles. The Morgan fingerprint density at radius 2 is 2.05 bits per heavy atom. The largest absolute Gasteiger partial charge is 0.380 e. The van der Waals surface area contributed by atoms with Gasteiger partial charge in [0.15, 0.2) is 0 Å². The van der Waals surface area contributed by atoms with E-state index in [1.807, 2.05) is 19.9 Å². The van der Waals surface area contributed by atoms with Gasteiger partial charge in [-0.1, -0.05) is 13.8 Å². The summed E-state index contributed by atoms with van der Waals surface area (Å²) in [4.78, 5) is 10.5. The Morgan fingerprint density at radius 1 is 1.37 bits per heavy atom. The van der Waals surface area contributed by atoms with E-state index in [-0.39, 0.29) is 16.7 Å². The molecule has 1 atom stereocenters. The van der Waals surface area contributed by atoms with Crippen LogP contribution in [0.25, 0.3) is 0 Å². The van der Waals surface area contributed by atoms with E-state index in [0.29, 0.717) is 19.1 Å². The zero-order valence-electron chi connectivity index (χ0n) is 12.0. The molecule has 5 heteroatoms. The molecule has 0 bridgehead atoms. The predicted molar refractivity (Wildman–Crippen MR) is 76.6 cm³/mol. The standard InChI is InChI=1S/C14H22N2O3/c1-5-19-9-14(10(2)3)15-12-6-11(4)7-13(8-12)16(17)18/h6-8,10,14-15H,5,9H2,1-4H3. The molecule has 1 aromatic rings. The summed E-state index contributed by atoms with van der Waals surface area (Å²) in [5.74, 6) is 0.381. The number of ether oxygens (including phenoxy) is 1. The van der Waals surface area contributed by atoms with Gasteiger partial charge in [0.05, 0.1) is 17.6 Å². The highest BCUT2D eigenvalue weighted by Gasteiger charge is 2.15. The molecule has 1 unspecified atom stereocenters. The van der Waals surface area contributed by atoms with E-state index in [1.54, 1.807) is 12.1 Å². The monoisotopic (exact) mass is 266 g/mol. The Morgan fingerprint density at radius 3 is 2.58 bits per heavy atom. The Balaban J connectivity index is 2.86. The van der Waals surface area contributed by atoms with E-state index in [1.165, 1.54) is 0 Å². The molecule has 0 aliphatic heterocycles. The molecule has 0 saturated carbocycles. The normalized spacial score (nSPS) is 12.5. The first-order valence-corrected chi connectivity index (χ1v) is 6.54. The van der Waals surface area contributed by atoms with Crippen molar-refractivity contribution in [2.45, 2.75) is 33.7 Å². The molecular formula is C14H22N2O3. The number of nitrogens with one attached hydrogen (secondary N) is 1. The SMILES string of the molecule is CCOCC(Nc1cc(C)cc([N+](=O)[O-])c1)C(C)C. The lowest BCUT2D eigenvalue weighted by atomic mass is 10.0. The molecule has 1 rings (SSSR count). The van der Waals surface area contributed by atoms with Gasteiger partial charge in [-0.05, 0) is 31.4 Å². The van der Waals surface area contributed by atoms with Crippen molar-refractivity contribution in [1.29, 1.82) is 0 Å². The molecule has 0 heterocycles. The third kappa shape index (κ3) is 4.87. The number of hydrogen-bond donors (Lipinski definition) is 1. The summed E-state index contributed by atoms with van der Waals surface area (Å²) in [6.07, 6.45) is 0. The average molecular weight is 266 g/mol. The molecule has 0 spiro atoms. The van der Waals surface area contributed by atoms with Crippen LogP contribution in [0.5, 0.6) is 0 Å². The van der Waals surface area contributed by atoms with Crippen molar-refractivity contribution in [2.75, 3.05) is 18.5 Å². The fourth-order valence-corrected chi connectivity index (χ4v) is 1.81. The Bertz CT molecular complexity index is 433. The molecule has 5 nitrogen and oxygen atoms in total. The topological polar surface area (TPSA) is 64.4 Å². The summed E-state index contributed by atoms with van der Waals surface area (Å²) in [7, 11) is 0. The highest BCUT2D eigenvalue weighted by molar-refractivity contribution is 5.54. The molecule has 19 heavy (non-hydrogen) atoms. The predicted octanol–water partition coefficient (Wildman–Crippen LogP) is 3.38. The number of rotatable bonds is 7. The second-order valence-electron chi connectivity index (χ2n) is 4.97. The highest BCUT2D eigenvalue weighted by Crippen LogP contribution is 2.22. The van der Waals surface area contributed by atoms with Crippen LogP contribution in [-0.4, -0.2) is 24.2 Å². The minimum absolute atomic E-state index is 0.112. The molecule has 0 aliphatic rings. The van der Waals surface area contributed by atoms with Crippen molar-refractivity contribution in [2.24, 2.45) is 5.92 Å². The van der Waals surface area contributed by atoms with E-state index >= 15 is 0 Å². The zero-order valence-corrected chi connectivity index (χ0v) is 12.0. The summed E-state index contributed by atoms with van der Waals surface area (Å²) in [5.41, 5.74) is 1.75. The molecule has 0 saturated heterocycles. The highest BCUT2D eigenvalue weighted by atomic mass is 16.6. The second-order valence-corrected chi connectivity index (χ2v) is 4.97. The quantitative estimate of drug-likeness (QED) is 0.607. The van der Waals surface area contributed by atoms with Crippen LogP contribution in [0, 0.1) is 23.0 Å². The summed E-state index contributed by atoms with van der Waals surface area (Å²) in [6.45, 7) is 9.26. The average Bonchev–Trinajstić information content (AvgIpc) is 2.33. The number of anilines is 1. The van der Waals surface area contributed by atoms with Gasteiger partial charge in [-0.15, -0.1) is 0 Å². The number of nitro benzene ring substituents is 1. The third-order valence-electron chi connectivity index (χ3n) is 2.93. The number of hydrogen-bond acceptors (Lipinski definition) is 4. The third-order valence-corrected chi connectivity index (χ3v) is 2.93. The number of benzene rings is 1. The lowest BCUT2D eigenvalue weighted by molar-refractivity contribution is -0.384. The van der Waals surface area contributed by atoms with Crippen LogP contribution in [0.3, 0.4) is 0 Å². The van der Waals surface area contributed by atoms with Crippen LogP contribution in [-0.2, 0) is 4.74 Å². The molecule has 1 N–H and O–H groups in total. The summed E-state index contributed by atoms with van der Waals surface area (Å²) in [5, 5.41) is 14.2. The van der Waals surface area contributed by atoms with Gasteiger partial charge in [-0.2, -0.15) is 0 Å². The van der Waals surface area contributed by atoms with Crippen molar-refractivity contribution in [3.05, 3.63) is 33.9 Å². The first kappa shape index (κ1) is 15.4. The minimum atomic E-state index is -0.370. The van der Waals surface area contributed by atoms with Gasteiger partial charge in [0.2, 0.25) is 0 Å². The lowest BCUT2D eigenvalue weighted by Crippen LogP contribution is -2.31. The van der Waals surface area contributed by atoms with Crippen LogP contribution < -0.4 is 5.32 Å². The molecule has 106 valence electrons. The van der Waals surface area contributed by atoms with Crippen molar-refractivity contribution in [3.63, 3.8) is 0 Å². The van der Waals surface area contributed by atoms with Crippen molar-refractivity contribution in [1.82, 2.24) is 0 Å². The zero-order chi connectivity index (χ0) is 14.4. The fraction of sp³-hybridized carbons (Fsp3) is 0.571. The first-order chi connectivity index (χ1) is 8.93.